The Morgan fingerprint density at radius 3 is 2.31 bits per heavy atom. The van der Waals surface area contributed by atoms with Crippen molar-refractivity contribution in [1.29, 1.82) is 0 Å². The largest absolute Gasteiger partial charge is 0.486 e. The summed E-state index contributed by atoms with van der Waals surface area (Å²) >= 11 is 0. The molecule has 2 amide bonds. The van der Waals surface area contributed by atoms with Gasteiger partial charge in [-0.25, -0.2) is 8.42 Å². The minimum absolute atomic E-state index is 0.0440. The number of benzene rings is 3. The topological polar surface area (TPSA) is 105 Å². The van der Waals surface area contributed by atoms with Gasteiger partial charge < -0.3 is 19.7 Å². The Balaban J connectivity index is 1.74. The molecule has 224 valence electrons. The first kappa shape index (κ1) is 30.9. The third kappa shape index (κ3) is 7.23. The first-order valence-corrected chi connectivity index (χ1v) is 15.8. The van der Waals surface area contributed by atoms with Gasteiger partial charge in [0.15, 0.2) is 11.5 Å². The highest BCUT2D eigenvalue weighted by Gasteiger charge is 2.34. The van der Waals surface area contributed by atoms with Crippen LogP contribution in [0.4, 0.5) is 5.69 Å². The van der Waals surface area contributed by atoms with Gasteiger partial charge in [-0.3, -0.25) is 13.9 Å². The normalized spacial score (nSPS) is 13.2. The maximum absolute atomic E-state index is 14.2. The minimum atomic E-state index is -4.17. The van der Waals surface area contributed by atoms with E-state index in [0.29, 0.717) is 37.7 Å². The van der Waals surface area contributed by atoms with Gasteiger partial charge in [-0.15, -0.1) is 0 Å². The third-order valence-electron chi connectivity index (χ3n) is 7.24. The highest BCUT2D eigenvalue weighted by Crippen LogP contribution is 2.36. The zero-order valence-electron chi connectivity index (χ0n) is 24.4. The molecule has 3 aromatic carbocycles. The Labute approximate surface area is 248 Å². The van der Waals surface area contributed by atoms with Crippen LogP contribution >= 0.6 is 0 Å². The Morgan fingerprint density at radius 1 is 0.929 bits per heavy atom. The summed E-state index contributed by atoms with van der Waals surface area (Å²) in [5.74, 6) is 0.150. The van der Waals surface area contributed by atoms with Gasteiger partial charge in [-0.05, 0) is 55.2 Å². The molecule has 0 spiro atoms. The molecule has 1 heterocycles. The van der Waals surface area contributed by atoms with Gasteiger partial charge in [0.1, 0.15) is 25.8 Å². The van der Waals surface area contributed by atoms with Crippen LogP contribution in [0.25, 0.3) is 0 Å². The maximum atomic E-state index is 14.2. The van der Waals surface area contributed by atoms with Crippen molar-refractivity contribution in [2.45, 2.75) is 57.5 Å². The summed E-state index contributed by atoms with van der Waals surface area (Å²) in [5, 5.41) is 2.95. The first-order chi connectivity index (χ1) is 20.3. The fourth-order valence-corrected chi connectivity index (χ4v) is 6.26. The highest BCUT2D eigenvalue weighted by molar-refractivity contribution is 7.92. The molecule has 0 aromatic heterocycles. The number of carbonyl (C=O) groups is 2. The van der Waals surface area contributed by atoms with Crippen LogP contribution in [0.5, 0.6) is 11.5 Å². The van der Waals surface area contributed by atoms with Crippen molar-refractivity contribution in [2.75, 3.05) is 30.6 Å². The Hall–Kier alpha value is -4.05. The summed E-state index contributed by atoms with van der Waals surface area (Å²) in [6.07, 6.45) is 2.11. The van der Waals surface area contributed by atoms with Gasteiger partial charge in [-0.1, -0.05) is 62.7 Å². The number of amides is 2. The smallest absolute Gasteiger partial charge is 0.264 e. The summed E-state index contributed by atoms with van der Waals surface area (Å²) in [4.78, 5) is 29.1. The monoisotopic (exact) mass is 593 g/mol. The summed E-state index contributed by atoms with van der Waals surface area (Å²) in [6, 6.07) is 19.7. The average Bonchev–Trinajstić information content (AvgIpc) is 3.00. The van der Waals surface area contributed by atoms with Gasteiger partial charge >= 0.3 is 0 Å². The molecule has 10 heteroatoms. The lowest BCUT2D eigenvalue weighted by Gasteiger charge is -2.33. The van der Waals surface area contributed by atoms with Gasteiger partial charge in [0, 0.05) is 19.2 Å². The van der Waals surface area contributed by atoms with E-state index in [1.165, 1.54) is 17.0 Å². The predicted molar refractivity (Wildman–Crippen MR) is 162 cm³/mol. The average molecular weight is 594 g/mol. The second-order valence-corrected chi connectivity index (χ2v) is 12.0. The number of hydrogen-bond acceptors (Lipinski definition) is 6. The number of sulfonamides is 1. The van der Waals surface area contributed by atoms with E-state index in [1.807, 2.05) is 45.0 Å². The van der Waals surface area contributed by atoms with Crippen LogP contribution in [0.15, 0.2) is 77.7 Å². The number of ether oxygens (including phenoxy) is 2. The Kier molecular flexibility index (Phi) is 10.5. The van der Waals surface area contributed by atoms with E-state index in [-0.39, 0.29) is 23.0 Å². The van der Waals surface area contributed by atoms with Crippen molar-refractivity contribution < 1.29 is 27.5 Å². The van der Waals surface area contributed by atoms with Gasteiger partial charge in [0.25, 0.3) is 10.0 Å². The van der Waals surface area contributed by atoms with E-state index in [4.69, 9.17) is 9.47 Å². The predicted octanol–water partition coefficient (Wildman–Crippen LogP) is 4.69. The van der Waals surface area contributed by atoms with Crippen LogP contribution in [0.1, 0.15) is 44.2 Å². The fourth-order valence-electron chi connectivity index (χ4n) is 4.83. The second kappa shape index (κ2) is 14.2. The number of carbonyl (C=O) groups excluding carboxylic acids is 2. The number of fused-ring (bicyclic) bond motifs is 1. The van der Waals surface area contributed by atoms with Crippen molar-refractivity contribution in [3.05, 3.63) is 83.9 Å². The van der Waals surface area contributed by atoms with Crippen molar-refractivity contribution in [3.63, 3.8) is 0 Å². The quantitative estimate of drug-likeness (QED) is 0.289. The van der Waals surface area contributed by atoms with Gasteiger partial charge in [0.2, 0.25) is 11.8 Å². The molecule has 9 nitrogen and oxygen atoms in total. The van der Waals surface area contributed by atoms with E-state index >= 15 is 0 Å². The molecule has 42 heavy (non-hydrogen) atoms. The van der Waals surface area contributed by atoms with E-state index in [9.17, 15) is 18.0 Å². The van der Waals surface area contributed by atoms with E-state index in [0.717, 1.165) is 28.3 Å². The summed E-state index contributed by atoms with van der Waals surface area (Å²) < 4.78 is 40.5. The third-order valence-corrected chi connectivity index (χ3v) is 9.03. The molecule has 0 aliphatic carbocycles. The van der Waals surface area contributed by atoms with Crippen LogP contribution in [0.2, 0.25) is 0 Å². The number of hydrogen-bond donors (Lipinski definition) is 1. The van der Waals surface area contributed by atoms with Crippen LogP contribution < -0.4 is 19.1 Å². The molecular weight excluding hydrogens is 554 g/mol. The molecule has 4 rings (SSSR count). The molecule has 0 radical (unpaired) electrons. The van der Waals surface area contributed by atoms with Crippen molar-refractivity contribution in [1.82, 2.24) is 10.2 Å². The molecule has 0 bridgehead atoms. The molecule has 0 saturated carbocycles. The minimum Gasteiger partial charge on any atom is -0.486 e. The number of anilines is 1. The molecule has 1 atom stereocenters. The summed E-state index contributed by atoms with van der Waals surface area (Å²) in [5.41, 5.74) is 2.10. The highest BCUT2D eigenvalue weighted by atomic mass is 32.2. The van der Waals surface area contributed by atoms with Crippen LogP contribution in [-0.4, -0.2) is 57.5 Å². The molecule has 1 N–H and O–H groups in total. The fraction of sp³-hybridized carbons (Fsp3) is 0.375. The van der Waals surface area contributed by atoms with Crippen LogP contribution in [-0.2, 0) is 26.2 Å². The lowest BCUT2D eigenvalue weighted by molar-refractivity contribution is -0.140. The number of aryl methyl sites for hydroxylation is 1. The Bertz CT molecular complexity index is 1480. The summed E-state index contributed by atoms with van der Waals surface area (Å²) in [7, 11) is -4.17. The standard InChI is InChI=1S/C32H39N3O6S/c1-4-6-18-33-32(37)28(5-2)34(22-25-13-11-10-12-24(25)3)31(36)23-35(42(38,39)27-14-8-7-9-15-27)26-16-17-29-30(21-26)41-20-19-40-29/h7-17,21,28H,4-6,18-20,22-23H2,1-3H3,(H,33,37)/t28-/m0/s1. The van der Waals surface area contributed by atoms with Gasteiger partial charge in [-0.2, -0.15) is 0 Å². The number of rotatable bonds is 13. The van der Waals surface area contributed by atoms with E-state index < -0.39 is 28.5 Å². The zero-order valence-corrected chi connectivity index (χ0v) is 25.2. The van der Waals surface area contributed by atoms with Gasteiger partial charge in [0.05, 0.1) is 10.6 Å². The van der Waals surface area contributed by atoms with Crippen molar-refractivity contribution in [3.8, 4) is 11.5 Å². The molecule has 0 fully saturated rings. The van der Waals surface area contributed by atoms with E-state index in [1.54, 1.807) is 36.4 Å². The Morgan fingerprint density at radius 2 is 1.62 bits per heavy atom. The molecular formula is C32H39N3O6S. The summed E-state index contributed by atoms with van der Waals surface area (Å²) in [6.45, 7) is 6.71. The second-order valence-electron chi connectivity index (χ2n) is 10.2. The lowest BCUT2D eigenvalue weighted by Crippen LogP contribution is -2.52. The molecule has 1 aliphatic heterocycles. The van der Waals surface area contributed by atoms with E-state index in [2.05, 4.69) is 5.32 Å². The van der Waals surface area contributed by atoms with Crippen LogP contribution in [0, 0.1) is 6.92 Å². The molecule has 3 aromatic rings. The molecule has 0 unspecified atom stereocenters. The van der Waals surface area contributed by atoms with Crippen molar-refractivity contribution >= 4 is 27.5 Å². The molecule has 0 saturated heterocycles. The number of unbranched alkanes of at least 4 members (excludes halogenated alkanes) is 1. The lowest BCUT2D eigenvalue weighted by atomic mass is 10.1. The molecule has 1 aliphatic rings. The number of nitrogens with one attached hydrogen (secondary N) is 1. The number of nitrogens with zero attached hydrogens (tertiary/aromatic N) is 2. The maximum Gasteiger partial charge on any atom is 0.264 e. The van der Waals surface area contributed by atoms with Crippen molar-refractivity contribution in [2.24, 2.45) is 0 Å². The SMILES string of the molecule is CCCCNC(=O)[C@H](CC)N(Cc1ccccc1C)C(=O)CN(c1ccc2c(c1)OCCO2)S(=O)(=O)c1ccccc1. The zero-order chi connectivity index (χ0) is 30.1. The first-order valence-electron chi connectivity index (χ1n) is 14.3. The van der Waals surface area contributed by atoms with Crippen LogP contribution in [0.3, 0.4) is 0 Å².